The second-order valence-electron chi connectivity index (χ2n) is 3.26. The maximum Gasteiger partial charge on any atom is 0.321 e. The Morgan fingerprint density at radius 1 is 1.41 bits per heavy atom. The number of carbonyl (C=O) groups is 2. The molecule has 0 aromatic carbocycles. The topological polar surface area (TPSA) is 145 Å². The van der Waals surface area contributed by atoms with E-state index >= 15 is 0 Å². The third-order valence-corrected chi connectivity index (χ3v) is 3.55. The predicted octanol–water partition coefficient (Wildman–Crippen LogP) is -0.864. The predicted molar refractivity (Wildman–Crippen MR) is 55.4 cm³/mol. The molecule has 0 aromatic heterocycles. The van der Waals surface area contributed by atoms with Gasteiger partial charge in [-0.2, -0.15) is 9.98 Å². The molecule has 96 valence electrons. The lowest BCUT2D eigenvalue weighted by molar-refractivity contribution is -0.140. The van der Waals surface area contributed by atoms with E-state index in [-0.39, 0.29) is 6.42 Å². The Morgan fingerprint density at radius 3 is 2.29 bits per heavy atom. The lowest BCUT2D eigenvalue weighted by atomic mass is 10.2. The number of sulfonamides is 1. The van der Waals surface area contributed by atoms with Gasteiger partial charge >= 0.3 is 11.9 Å². The molecule has 0 saturated carbocycles. The summed E-state index contributed by atoms with van der Waals surface area (Å²) in [5.41, 5.74) is 0. The average Bonchev–Trinajstić information content (AvgIpc) is 2.22. The van der Waals surface area contributed by atoms with Crippen LogP contribution >= 0.6 is 0 Å². The van der Waals surface area contributed by atoms with Crippen LogP contribution in [0.1, 0.15) is 19.8 Å². The molecule has 0 aliphatic rings. The van der Waals surface area contributed by atoms with Crippen LogP contribution in [0.3, 0.4) is 0 Å². The highest BCUT2D eigenvalue weighted by atomic mass is 32.2. The second kappa shape index (κ2) is 6.17. The zero-order chi connectivity index (χ0) is 13.6. The largest absolute Gasteiger partial charge is 0.481 e. The minimum Gasteiger partial charge on any atom is -0.481 e. The van der Waals surface area contributed by atoms with Crippen molar-refractivity contribution in [2.75, 3.05) is 0 Å². The number of hydrogen-bond acceptors (Lipinski definition) is 5. The number of nitrogens with zero attached hydrogens (tertiary/aromatic N) is 1. The fourth-order valence-corrected chi connectivity index (χ4v) is 1.83. The molecule has 0 radical (unpaired) electrons. The van der Waals surface area contributed by atoms with E-state index in [1.165, 1.54) is 6.07 Å². The van der Waals surface area contributed by atoms with Gasteiger partial charge in [0.1, 0.15) is 6.04 Å². The maximum atomic E-state index is 11.4. The first-order valence-electron chi connectivity index (χ1n) is 4.56. The molecule has 9 heteroatoms. The van der Waals surface area contributed by atoms with Gasteiger partial charge in [0, 0.05) is 6.42 Å². The Balaban J connectivity index is 4.73. The number of hydrogen-bond donors (Lipinski definition) is 3. The van der Waals surface area contributed by atoms with Crippen LogP contribution in [-0.2, 0) is 19.6 Å². The summed E-state index contributed by atoms with van der Waals surface area (Å²) in [5, 5.41) is 24.1. The molecule has 0 saturated heterocycles. The van der Waals surface area contributed by atoms with Crippen LogP contribution in [0.25, 0.3) is 0 Å². The fourth-order valence-electron chi connectivity index (χ4n) is 0.870. The minimum atomic E-state index is -4.09. The number of aliphatic carboxylic acids is 2. The summed E-state index contributed by atoms with van der Waals surface area (Å²) in [7, 11) is -4.09. The molecule has 0 aliphatic carbocycles. The SMILES string of the molecule is CC(C#N)S(=O)(=O)NC(CCC(=O)O)C(=O)O. The van der Waals surface area contributed by atoms with Crippen LogP contribution in [0.2, 0.25) is 0 Å². The van der Waals surface area contributed by atoms with Crippen molar-refractivity contribution in [3.63, 3.8) is 0 Å². The number of carboxylic acids is 2. The van der Waals surface area contributed by atoms with E-state index in [9.17, 15) is 18.0 Å². The summed E-state index contributed by atoms with van der Waals surface area (Å²) in [6.07, 6.45) is -0.873. The molecule has 0 bridgehead atoms. The van der Waals surface area contributed by atoms with Gasteiger partial charge in [0.15, 0.2) is 5.25 Å². The average molecular weight is 264 g/mol. The van der Waals surface area contributed by atoms with Crippen LogP contribution in [-0.4, -0.2) is 41.9 Å². The maximum absolute atomic E-state index is 11.4. The van der Waals surface area contributed by atoms with Gasteiger partial charge in [-0.25, -0.2) is 8.42 Å². The van der Waals surface area contributed by atoms with Crippen molar-refractivity contribution in [3.05, 3.63) is 0 Å². The number of nitriles is 1. The summed E-state index contributed by atoms with van der Waals surface area (Å²) in [6, 6.07) is -0.0945. The monoisotopic (exact) mass is 264 g/mol. The Hall–Kier alpha value is -1.66. The van der Waals surface area contributed by atoms with Crippen LogP contribution in [0.15, 0.2) is 0 Å². The van der Waals surface area contributed by atoms with E-state index < -0.39 is 39.7 Å². The molecule has 0 rings (SSSR count). The van der Waals surface area contributed by atoms with Gasteiger partial charge in [-0.05, 0) is 13.3 Å². The van der Waals surface area contributed by atoms with Crippen LogP contribution in [0, 0.1) is 11.3 Å². The second-order valence-corrected chi connectivity index (χ2v) is 5.29. The molecule has 0 amide bonds. The molecule has 17 heavy (non-hydrogen) atoms. The number of carboxylic acid groups (broad SMARTS) is 2. The Bertz CT molecular complexity index is 437. The van der Waals surface area contributed by atoms with Gasteiger partial charge < -0.3 is 10.2 Å². The van der Waals surface area contributed by atoms with Crippen LogP contribution in [0.5, 0.6) is 0 Å². The standard InChI is InChI=1S/C8H12N2O6S/c1-5(4-9)17(15,16)10-6(8(13)14)2-3-7(11)12/h5-6,10H,2-3H2,1H3,(H,11,12)(H,13,14). The summed E-state index contributed by atoms with van der Waals surface area (Å²) in [4.78, 5) is 21.0. The first-order chi connectivity index (χ1) is 7.70. The van der Waals surface area contributed by atoms with Crippen molar-refractivity contribution < 1.29 is 28.2 Å². The van der Waals surface area contributed by atoms with E-state index in [1.807, 2.05) is 0 Å². The molecule has 2 atom stereocenters. The van der Waals surface area contributed by atoms with Crippen molar-refractivity contribution in [3.8, 4) is 6.07 Å². The molecule has 0 aromatic rings. The molecular weight excluding hydrogens is 252 g/mol. The minimum absolute atomic E-state index is 0.387. The van der Waals surface area contributed by atoms with Gasteiger partial charge in [-0.15, -0.1) is 0 Å². The molecule has 3 N–H and O–H groups in total. The summed E-state index contributed by atoms with van der Waals surface area (Å²) in [6.45, 7) is 1.10. The first-order valence-corrected chi connectivity index (χ1v) is 6.10. The molecule has 0 spiro atoms. The zero-order valence-corrected chi connectivity index (χ0v) is 9.77. The highest BCUT2D eigenvalue weighted by Crippen LogP contribution is 2.04. The molecule has 0 aliphatic heterocycles. The Labute approximate surface area is 97.9 Å². The van der Waals surface area contributed by atoms with Crippen molar-refractivity contribution in [2.24, 2.45) is 0 Å². The zero-order valence-electron chi connectivity index (χ0n) is 8.95. The van der Waals surface area contributed by atoms with Gasteiger partial charge in [-0.3, -0.25) is 9.59 Å². The molecule has 8 nitrogen and oxygen atoms in total. The summed E-state index contributed by atoms with van der Waals surface area (Å²) in [5.74, 6) is -2.72. The van der Waals surface area contributed by atoms with Crippen LogP contribution in [0.4, 0.5) is 0 Å². The van der Waals surface area contributed by atoms with Gasteiger partial charge in [0.05, 0.1) is 6.07 Å². The van der Waals surface area contributed by atoms with E-state index in [0.29, 0.717) is 0 Å². The smallest absolute Gasteiger partial charge is 0.321 e. The lowest BCUT2D eigenvalue weighted by Crippen LogP contribution is -2.44. The van der Waals surface area contributed by atoms with Crippen molar-refractivity contribution in [1.29, 1.82) is 5.26 Å². The summed E-state index contributed by atoms with van der Waals surface area (Å²) < 4.78 is 24.5. The number of nitrogens with one attached hydrogen (secondary N) is 1. The van der Waals surface area contributed by atoms with Crippen molar-refractivity contribution in [2.45, 2.75) is 31.1 Å². The highest BCUT2D eigenvalue weighted by Gasteiger charge is 2.28. The fraction of sp³-hybridized carbons (Fsp3) is 0.625. The Morgan fingerprint density at radius 2 is 1.94 bits per heavy atom. The van der Waals surface area contributed by atoms with Crippen molar-refractivity contribution in [1.82, 2.24) is 4.72 Å². The van der Waals surface area contributed by atoms with Gasteiger partial charge in [0.2, 0.25) is 10.0 Å². The molecule has 0 heterocycles. The molecular formula is C8H12N2O6S. The highest BCUT2D eigenvalue weighted by molar-refractivity contribution is 7.90. The number of rotatable bonds is 7. The quantitative estimate of drug-likeness (QED) is 0.542. The lowest BCUT2D eigenvalue weighted by Gasteiger charge is -2.14. The Kier molecular flexibility index (Phi) is 5.57. The van der Waals surface area contributed by atoms with Gasteiger partial charge in [0.25, 0.3) is 0 Å². The first kappa shape index (κ1) is 15.3. The third-order valence-electron chi connectivity index (χ3n) is 1.90. The van der Waals surface area contributed by atoms with Crippen LogP contribution < -0.4 is 4.72 Å². The van der Waals surface area contributed by atoms with E-state index in [0.717, 1.165) is 6.92 Å². The third kappa shape index (κ3) is 5.28. The van der Waals surface area contributed by atoms with E-state index in [4.69, 9.17) is 15.5 Å². The summed E-state index contributed by atoms with van der Waals surface area (Å²) >= 11 is 0. The van der Waals surface area contributed by atoms with E-state index in [2.05, 4.69) is 0 Å². The van der Waals surface area contributed by atoms with E-state index in [1.54, 1.807) is 4.72 Å². The normalized spacial score (nSPS) is 14.6. The van der Waals surface area contributed by atoms with Gasteiger partial charge in [-0.1, -0.05) is 0 Å². The van der Waals surface area contributed by atoms with Crippen molar-refractivity contribution >= 4 is 22.0 Å². The molecule has 2 unspecified atom stereocenters. The molecule has 0 fully saturated rings.